The molecule has 2 N–H and O–H groups in total. The van der Waals surface area contributed by atoms with Crippen LogP contribution in [-0.4, -0.2) is 25.5 Å². The van der Waals surface area contributed by atoms with Crippen molar-refractivity contribution in [2.75, 3.05) is 5.75 Å². The van der Waals surface area contributed by atoms with Gasteiger partial charge in [-0.3, -0.25) is 0 Å². The third-order valence-corrected chi connectivity index (χ3v) is 6.22. The molecule has 1 aliphatic rings. The second-order valence-electron chi connectivity index (χ2n) is 5.77. The Balaban J connectivity index is 2.14. The third-order valence-electron chi connectivity index (χ3n) is 3.86. The van der Waals surface area contributed by atoms with Gasteiger partial charge in [0, 0.05) is 6.04 Å². The van der Waals surface area contributed by atoms with E-state index in [4.69, 9.17) is 5.73 Å². The Hall–Kier alpha value is -0.870. The average molecular weight is 281 g/mol. The van der Waals surface area contributed by atoms with Gasteiger partial charge in [-0.15, -0.1) is 0 Å². The van der Waals surface area contributed by atoms with Crippen LogP contribution in [0, 0.1) is 13.8 Å². The van der Waals surface area contributed by atoms with Crippen LogP contribution in [-0.2, 0) is 16.3 Å². The zero-order valence-electron chi connectivity index (χ0n) is 11.7. The molecule has 1 saturated heterocycles. The van der Waals surface area contributed by atoms with E-state index in [1.54, 1.807) is 0 Å². The predicted molar refractivity (Wildman–Crippen MR) is 79.0 cm³/mol. The molecule has 0 amide bonds. The SMILES string of the molecule is Cc1cc(C)cc(CC(N)C2CCCCS2(=O)=O)c1. The van der Waals surface area contributed by atoms with Gasteiger partial charge in [0.05, 0.1) is 11.0 Å². The molecule has 0 bridgehead atoms. The van der Waals surface area contributed by atoms with Crippen LogP contribution in [0.1, 0.15) is 36.0 Å². The fourth-order valence-corrected chi connectivity index (χ4v) is 5.11. The summed E-state index contributed by atoms with van der Waals surface area (Å²) in [5.74, 6) is 0.304. The van der Waals surface area contributed by atoms with Gasteiger partial charge in [0.15, 0.2) is 9.84 Å². The average Bonchev–Trinajstić information content (AvgIpc) is 2.26. The van der Waals surface area contributed by atoms with Crippen molar-refractivity contribution in [2.24, 2.45) is 5.73 Å². The van der Waals surface area contributed by atoms with E-state index < -0.39 is 9.84 Å². The summed E-state index contributed by atoms with van der Waals surface area (Å²) in [5, 5.41) is -0.359. The van der Waals surface area contributed by atoms with Crippen LogP contribution >= 0.6 is 0 Å². The van der Waals surface area contributed by atoms with E-state index in [1.165, 1.54) is 11.1 Å². The molecule has 2 atom stereocenters. The molecule has 0 saturated carbocycles. The second-order valence-corrected chi connectivity index (χ2v) is 8.10. The number of aryl methyl sites for hydroxylation is 2. The number of rotatable bonds is 3. The van der Waals surface area contributed by atoms with Crippen molar-refractivity contribution in [3.63, 3.8) is 0 Å². The van der Waals surface area contributed by atoms with Crippen molar-refractivity contribution in [3.05, 3.63) is 34.9 Å². The maximum Gasteiger partial charge on any atom is 0.154 e. The van der Waals surface area contributed by atoms with Gasteiger partial charge < -0.3 is 5.73 Å². The minimum absolute atomic E-state index is 0.286. The molecule has 1 aliphatic heterocycles. The first-order valence-corrected chi connectivity index (χ1v) is 8.64. The molecular formula is C15H23NO2S. The normalized spacial score (nSPS) is 24.1. The van der Waals surface area contributed by atoms with E-state index in [-0.39, 0.29) is 11.3 Å². The lowest BCUT2D eigenvalue weighted by Gasteiger charge is -2.27. The molecule has 3 nitrogen and oxygen atoms in total. The number of sulfone groups is 1. The topological polar surface area (TPSA) is 60.2 Å². The van der Waals surface area contributed by atoms with Gasteiger partial charge in [0.1, 0.15) is 0 Å². The molecule has 0 spiro atoms. The van der Waals surface area contributed by atoms with Crippen molar-refractivity contribution >= 4 is 9.84 Å². The van der Waals surface area contributed by atoms with Gasteiger partial charge >= 0.3 is 0 Å². The van der Waals surface area contributed by atoms with Crippen LogP contribution in [0.15, 0.2) is 18.2 Å². The Morgan fingerprint density at radius 2 is 1.84 bits per heavy atom. The first-order chi connectivity index (χ1) is 8.88. The molecular weight excluding hydrogens is 258 g/mol. The quantitative estimate of drug-likeness (QED) is 0.923. The highest BCUT2D eigenvalue weighted by atomic mass is 32.2. The van der Waals surface area contributed by atoms with E-state index >= 15 is 0 Å². The first kappa shape index (κ1) is 14.5. The molecule has 2 rings (SSSR count). The molecule has 1 heterocycles. The number of benzene rings is 1. The summed E-state index contributed by atoms with van der Waals surface area (Å²) >= 11 is 0. The molecule has 106 valence electrons. The van der Waals surface area contributed by atoms with Crippen LogP contribution in [0.3, 0.4) is 0 Å². The summed E-state index contributed by atoms with van der Waals surface area (Å²) in [5.41, 5.74) is 9.73. The molecule has 0 radical (unpaired) electrons. The van der Waals surface area contributed by atoms with E-state index in [2.05, 4.69) is 32.0 Å². The molecule has 4 heteroatoms. The highest BCUT2D eigenvalue weighted by Gasteiger charge is 2.33. The van der Waals surface area contributed by atoms with Crippen LogP contribution in [0.2, 0.25) is 0 Å². The van der Waals surface area contributed by atoms with Gasteiger partial charge in [-0.05, 0) is 38.7 Å². The smallest absolute Gasteiger partial charge is 0.154 e. The maximum absolute atomic E-state index is 12.1. The number of nitrogens with two attached hydrogens (primary N) is 1. The van der Waals surface area contributed by atoms with Crippen molar-refractivity contribution in [2.45, 2.75) is 50.8 Å². The third kappa shape index (κ3) is 3.57. The molecule has 19 heavy (non-hydrogen) atoms. The Bertz CT molecular complexity index is 531. The van der Waals surface area contributed by atoms with Gasteiger partial charge in [-0.2, -0.15) is 0 Å². The van der Waals surface area contributed by atoms with Gasteiger partial charge in [0.2, 0.25) is 0 Å². The summed E-state index contributed by atoms with van der Waals surface area (Å²) in [6.45, 7) is 4.11. The van der Waals surface area contributed by atoms with E-state index in [0.717, 1.165) is 18.4 Å². The highest BCUT2D eigenvalue weighted by molar-refractivity contribution is 7.92. The maximum atomic E-state index is 12.1. The molecule has 2 unspecified atom stereocenters. The van der Waals surface area contributed by atoms with Crippen LogP contribution < -0.4 is 5.73 Å². The molecule has 1 aromatic rings. The van der Waals surface area contributed by atoms with Crippen LogP contribution in [0.25, 0.3) is 0 Å². The largest absolute Gasteiger partial charge is 0.326 e. The van der Waals surface area contributed by atoms with Crippen LogP contribution in [0.5, 0.6) is 0 Å². The summed E-state index contributed by atoms with van der Waals surface area (Å²) in [7, 11) is -2.99. The van der Waals surface area contributed by atoms with Crippen molar-refractivity contribution in [1.82, 2.24) is 0 Å². The Labute approximate surface area is 116 Å². The van der Waals surface area contributed by atoms with Crippen molar-refractivity contribution in [1.29, 1.82) is 0 Å². The van der Waals surface area contributed by atoms with Crippen molar-refractivity contribution < 1.29 is 8.42 Å². The number of hydrogen-bond donors (Lipinski definition) is 1. The summed E-state index contributed by atoms with van der Waals surface area (Å²) in [6.07, 6.45) is 3.13. The lowest BCUT2D eigenvalue weighted by Crippen LogP contribution is -2.44. The Morgan fingerprint density at radius 3 is 2.42 bits per heavy atom. The molecule has 0 aromatic heterocycles. The van der Waals surface area contributed by atoms with Gasteiger partial charge in [-0.1, -0.05) is 35.7 Å². The lowest BCUT2D eigenvalue weighted by molar-refractivity contribution is 0.495. The van der Waals surface area contributed by atoms with E-state index in [1.807, 2.05) is 0 Å². The van der Waals surface area contributed by atoms with Crippen LogP contribution in [0.4, 0.5) is 0 Å². The molecule has 1 aromatic carbocycles. The fraction of sp³-hybridized carbons (Fsp3) is 0.600. The van der Waals surface area contributed by atoms with Gasteiger partial charge in [0.25, 0.3) is 0 Å². The second kappa shape index (κ2) is 5.63. The Morgan fingerprint density at radius 1 is 1.21 bits per heavy atom. The van der Waals surface area contributed by atoms with Gasteiger partial charge in [-0.25, -0.2) is 8.42 Å². The molecule has 1 fully saturated rings. The fourth-order valence-electron chi connectivity index (χ4n) is 3.05. The first-order valence-electron chi connectivity index (χ1n) is 6.93. The predicted octanol–water partition coefficient (Wildman–Crippen LogP) is 2.14. The zero-order chi connectivity index (χ0) is 14.0. The standard InChI is InChI=1S/C15H23NO2S/c1-11-7-12(2)9-13(8-11)10-14(16)15-5-3-4-6-19(15,17)18/h7-9,14-15H,3-6,10,16H2,1-2H3. The van der Waals surface area contributed by atoms with E-state index in [0.29, 0.717) is 18.6 Å². The minimum atomic E-state index is -2.99. The summed E-state index contributed by atoms with van der Waals surface area (Å²) < 4.78 is 24.1. The Kier molecular flexibility index (Phi) is 4.31. The summed E-state index contributed by atoms with van der Waals surface area (Å²) in [4.78, 5) is 0. The lowest BCUT2D eigenvalue weighted by atomic mass is 9.98. The van der Waals surface area contributed by atoms with E-state index in [9.17, 15) is 8.42 Å². The summed E-state index contributed by atoms with van der Waals surface area (Å²) in [6, 6.07) is 6.03. The molecule has 0 aliphatic carbocycles. The zero-order valence-corrected chi connectivity index (χ0v) is 12.5. The highest BCUT2D eigenvalue weighted by Crippen LogP contribution is 2.23. The minimum Gasteiger partial charge on any atom is -0.326 e. The van der Waals surface area contributed by atoms with Crippen molar-refractivity contribution in [3.8, 4) is 0 Å². The monoisotopic (exact) mass is 281 g/mol. The number of hydrogen-bond acceptors (Lipinski definition) is 3.